The van der Waals surface area contributed by atoms with Gasteiger partial charge >= 0.3 is 12.0 Å². The third-order valence-electron chi connectivity index (χ3n) is 7.27. The molecule has 1 amide bonds. The molecule has 0 bridgehead atoms. The molecule has 2 aromatic carbocycles. The molecule has 0 aliphatic rings. The molecule has 0 aliphatic carbocycles. The van der Waals surface area contributed by atoms with Gasteiger partial charge in [-0.15, -0.1) is 5.10 Å². The summed E-state index contributed by atoms with van der Waals surface area (Å²) >= 11 is 0. The van der Waals surface area contributed by atoms with Crippen LogP contribution in [0.4, 0.5) is 16.4 Å². The zero-order valence-electron chi connectivity index (χ0n) is 28.5. The first kappa shape index (κ1) is 35.7. The standard InChI is InChI=1S/C33H30N10O9S/c1-5-43(27-12-8-9-16-35-27)33(44)52-51-32-28(50-25-11-7-6-10-23(25)47-2)31(40-53(45,46)21-13-14-24(48-3)26(19-21)49-4)36-29(37-32)20-15-17-34-22(18-20)30-38-41-42-39-30/h6-19H,5H2,1-4H3,(H,36,37,40)(H,38,39,41,42). The van der Waals surface area contributed by atoms with Gasteiger partial charge in [-0.3, -0.25) is 19.5 Å². The third kappa shape index (κ3) is 7.96. The van der Waals surface area contributed by atoms with E-state index in [2.05, 4.69) is 45.3 Å². The van der Waals surface area contributed by atoms with Gasteiger partial charge in [0, 0.05) is 30.6 Å². The van der Waals surface area contributed by atoms with Crippen LogP contribution in [-0.4, -0.2) is 82.9 Å². The van der Waals surface area contributed by atoms with Crippen LogP contribution < -0.4 is 33.5 Å². The Kier molecular flexibility index (Phi) is 10.7. The minimum absolute atomic E-state index is 0.110. The maximum atomic E-state index is 14.0. The number of methoxy groups -OCH3 is 3. The van der Waals surface area contributed by atoms with Gasteiger partial charge in [-0.05, 0) is 65.9 Å². The van der Waals surface area contributed by atoms with Gasteiger partial charge in [0.05, 0.1) is 26.2 Å². The summed E-state index contributed by atoms with van der Waals surface area (Å²) < 4.78 is 52.7. The summed E-state index contributed by atoms with van der Waals surface area (Å²) in [5.41, 5.74) is 0.613. The van der Waals surface area contributed by atoms with Gasteiger partial charge in [-0.1, -0.05) is 18.2 Å². The second-order valence-corrected chi connectivity index (χ2v) is 12.1. The molecule has 0 unspecified atom stereocenters. The van der Waals surface area contributed by atoms with Crippen molar-refractivity contribution in [2.45, 2.75) is 11.8 Å². The zero-order valence-corrected chi connectivity index (χ0v) is 29.3. The number of carbonyl (C=O) groups is 1. The second kappa shape index (κ2) is 15.9. The van der Waals surface area contributed by atoms with Crippen LogP contribution in [0.2, 0.25) is 0 Å². The number of ether oxygens (including phenoxy) is 4. The minimum atomic E-state index is -4.46. The number of hydrogen-bond acceptors (Lipinski definition) is 16. The van der Waals surface area contributed by atoms with Gasteiger partial charge in [0.2, 0.25) is 5.75 Å². The smallest absolute Gasteiger partial charge is 0.458 e. The molecule has 53 heavy (non-hydrogen) atoms. The molecule has 272 valence electrons. The van der Waals surface area contributed by atoms with Crippen molar-refractivity contribution in [2.75, 3.05) is 37.5 Å². The first-order valence-electron chi connectivity index (χ1n) is 15.5. The molecule has 4 heterocycles. The number of hydrogen-bond donors (Lipinski definition) is 2. The Balaban J connectivity index is 1.50. The van der Waals surface area contributed by atoms with E-state index in [9.17, 15) is 13.2 Å². The van der Waals surface area contributed by atoms with Crippen molar-refractivity contribution in [2.24, 2.45) is 0 Å². The predicted octanol–water partition coefficient (Wildman–Crippen LogP) is 4.69. The number of amides is 1. The van der Waals surface area contributed by atoms with Crippen molar-refractivity contribution in [1.82, 2.24) is 40.6 Å². The van der Waals surface area contributed by atoms with Gasteiger partial charge in [-0.25, -0.2) is 33.2 Å². The van der Waals surface area contributed by atoms with Crippen molar-refractivity contribution in [3.63, 3.8) is 0 Å². The molecule has 6 rings (SSSR count). The molecule has 4 aromatic heterocycles. The lowest BCUT2D eigenvalue weighted by Crippen LogP contribution is -2.33. The number of anilines is 2. The van der Waals surface area contributed by atoms with E-state index >= 15 is 0 Å². The lowest BCUT2D eigenvalue weighted by molar-refractivity contribution is -0.144. The average Bonchev–Trinajstić information content (AvgIpc) is 3.74. The highest BCUT2D eigenvalue weighted by atomic mass is 32.2. The fraction of sp³-hybridized carbons (Fsp3) is 0.152. The maximum Gasteiger partial charge on any atom is 0.458 e. The Labute approximate surface area is 301 Å². The lowest BCUT2D eigenvalue weighted by atomic mass is 10.2. The number of tetrazole rings is 1. The highest BCUT2D eigenvalue weighted by Gasteiger charge is 2.28. The Morgan fingerprint density at radius 3 is 2.30 bits per heavy atom. The molecule has 0 spiro atoms. The van der Waals surface area contributed by atoms with Crippen LogP contribution in [0.15, 0.2) is 90.1 Å². The van der Waals surface area contributed by atoms with Crippen LogP contribution in [0, 0.1) is 0 Å². The van der Waals surface area contributed by atoms with Crippen LogP contribution in [0.1, 0.15) is 6.92 Å². The summed E-state index contributed by atoms with van der Waals surface area (Å²) in [4.78, 5) is 42.7. The van der Waals surface area contributed by atoms with Crippen molar-refractivity contribution in [1.29, 1.82) is 0 Å². The van der Waals surface area contributed by atoms with E-state index in [-0.39, 0.29) is 46.2 Å². The van der Waals surface area contributed by atoms with E-state index in [0.29, 0.717) is 17.0 Å². The van der Waals surface area contributed by atoms with Gasteiger partial charge in [0.1, 0.15) is 11.5 Å². The van der Waals surface area contributed by atoms with Crippen LogP contribution in [0.25, 0.3) is 22.9 Å². The Morgan fingerprint density at radius 1 is 0.849 bits per heavy atom. The van der Waals surface area contributed by atoms with Gasteiger partial charge in [0.25, 0.3) is 10.0 Å². The lowest BCUT2D eigenvalue weighted by Gasteiger charge is -2.20. The molecule has 0 saturated heterocycles. The summed E-state index contributed by atoms with van der Waals surface area (Å²) in [6.07, 6.45) is 1.98. The predicted molar refractivity (Wildman–Crippen MR) is 186 cm³/mol. The zero-order chi connectivity index (χ0) is 37.4. The fourth-order valence-electron chi connectivity index (χ4n) is 4.74. The SMILES string of the molecule is CCN(C(=O)OOc1nc(-c2ccnc(-c3nnn[nH]3)c2)nc(NS(=O)(=O)c2ccc(OC)c(OC)c2)c1Oc1ccccc1OC)c1ccccn1. The summed E-state index contributed by atoms with van der Waals surface area (Å²) in [7, 11) is -0.248. The highest BCUT2D eigenvalue weighted by Crippen LogP contribution is 2.42. The van der Waals surface area contributed by atoms with Crippen LogP contribution in [-0.2, 0) is 14.9 Å². The van der Waals surface area contributed by atoms with Crippen molar-refractivity contribution < 1.29 is 41.9 Å². The maximum absolute atomic E-state index is 14.0. The summed E-state index contributed by atoms with van der Waals surface area (Å²) in [6.45, 7) is 1.87. The van der Waals surface area contributed by atoms with Crippen molar-refractivity contribution >= 4 is 27.8 Å². The molecule has 0 aliphatic heterocycles. The molecule has 0 saturated carbocycles. The van der Waals surface area contributed by atoms with E-state index in [0.717, 1.165) is 0 Å². The molecule has 0 radical (unpaired) electrons. The molecular formula is C33H30N10O9S. The van der Waals surface area contributed by atoms with E-state index in [1.807, 2.05) is 0 Å². The third-order valence-corrected chi connectivity index (χ3v) is 8.61. The highest BCUT2D eigenvalue weighted by molar-refractivity contribution is 7.92. The van der Waals surface area contributed by atoms with E-state index in [4.69, 9.17) is 28.7 Å². The monoisotopic (exact) mass is 742 g/mol. The number of rotatable bonds is 14. The molecule has 0 fully saturated rings. The van der Waals surface area contributed by atoms with Crippen molar-refractivity contribution in [3.05, 3.63) is 85.2 Å². The van der Waals surface area contributed by atoms with E-state index < -0.39 is 33.6 Å². The quantitative estimate of drug-likeness (QED) is 0.114. The minimum Gasteiger partial charge on any atom is -0.493 e. The molecular weight excluding hydrogens is 712 g/mol. The summed E-state index contributed by atoms with van der Waals surface area (Å²) in [5, 5.41) is 13.7. The Morgan fingerprint density at radius 2 is 1.60 bits per heavy atom. The second-order valence-electron chi connectivity index (χ2n) is 10.4. The Hall–Kier alpha value is -7.09. The van der Waals surface area contributed by atoms with E-state index in [1.54, 1.807) is 61.5 Å². The average molecular weight is 743 g/mol. The fourth-order valence-corrected chi connectivity index (χ4v) is 5.76. The Bertz CT molecular complexity index is 2310. The number of carbonyl (C=O) groups excluding carboxylic acids is 1. The van der Waals surface area contributed by atoms with Crippen molar-refractivity contribution in [3.8, 4) is 57.5 Å². The molecule has 20 heteroatoms. The normalized spacial score (nSPS) is 10.9. The van der Waals surface area contributed by atoms with Gasteiger partial charge < -0.3 is 18.9 Å². The number of para-hydroxylation sites is 2. The van der Waals surface area contributed by atoms with Crippen LogP contribution in [0.3, 0.4) is 0 Å². The number of nitrogens with one attached hydrogen (secondary N) is 2. The summed E-state index contributed by atoms with van der Waals surface area (Å²) in [6, 6.07) is 18.6. The first-order chi connectivity index (χ1) is 25.7. The number of sulfonamides is 1. The molecule has 0 atom stereocenters. The number of H-pyrrole nitrogens is 1. The summed E-state index contributed by atoms with van der Waals surface area (Å²) in [5.74, 6) is -0.0813. The van der Waals surface area contributed by atoms with E-state index in [1.165, 1.54) is 56.8 Å². The largest absolute Gasteiger partial charge is 0.493 e. The van der Waals surface area contributed by atoms with Crippen LogP contribution >= 0.6 is 0 Å². The first-order valence-corrected chi connectivity index (χ1v) is 17.0. The van der Waals surface area contributed by atoms with Gasteiger partial charge in [-0.2, -0.15) is 4.98 Å². The molecule has 19 nitrogen and oxygen atoms in total. The number of aromatic amines is 1. The van der Waals surface area contributed by atoms with Crippen LogP contribution in [0.5, 0.6) is 34.6 Å². The topological polar surface area (TPSA) is 228 Å². The number of nitrogens with zero attached hydrogens (tertiary/aromatic N) is 8. The van der Waals surface area contributed by atoms with Gasteiger partial charge in [0.15, 0.2) is 40.5 Å². The number of benzene rings is 2. The number of aromatic nitrogens is 8. The number of pyridine rings is 2. The molecule has 6 aromatic rings. The molecule has 2 N–H and O–H groups in total.